The van der Waals surface area contributed by atoms with Crippen molar-refractivity contribution >= 4 is 23.3 Å². The number of aromatic nitrogens is 2. The van der Waals surface area contributed by atoms with Crippen molar-refractivity contribution in [2.24, 2.45) is 4.99 Å². The third kappa shape index (κ3) is 3.65. The Morgan fingerprint density at radius 2 is 2.03 bits per heavy atom. The molecule has 1 aromatic heterocycles. The van der Waals surface area contributed by atoms with E-state index in [2.05, 4.69) is 4.57 Å². The van der Waals surface area contributed by atoms with Crippen LogP contribution in [-0.4, -0.2) is 28.3 Å². The third-order valence-electron chi connectivity index (χ3n) is 5.83. The molecule has 1 saturated carbocycles. The Balaban J connectivity index is 1.74. The van der Waals surface area contributed by atoms with Gasteiger partial charge in [-0.15, -0.1) is 0 Å². The normalized spacial score (nSPS) is 17.4. The summed E-state index contributed by atoms with van der Waals surface area (Å²) in [5.41, 5.74) is 3.65. The number of carbonyl (C=O) groups excluding carboxylic acids is 1. The van der Waals surface area contributed by atoms with Crippen molar-refractivity contribution in [3.05, 3.63) is 82.1 Å². The SMILES string of the molecule is COC(=O)CCC1N=C(c2ccccc2F)c2cc(Cl)ccc2-n2c(C3CC3)cnc21. The quantitative estimate of drug-likeness (QED) is 0.503. The molecule has 2 heterocycles. The standard InChI is InChI=1S/C24H21ClFN3O2/c1-31-22(30)11-9-19-24-27-13-21(14-6-7-14)29(24)20-10-8-15(25)12-17(20)23(28-19)16-4-2-3-5-18(16)26/h2-5,8,10,12-14,19H,6-7,9,11H2,1H3. The highest BCUT2D eigenvalue weighted by Crippen LogP contribution is 2.44. The highest BCUT2D eigenvalue weighted by atomic mass is 35.5. The number of fused-ring (bicyclic) bond motifs is 3. The first kappa shape index (κ1) is 19.9. The number of rotatable bonds is 5. The fourth-order valence-electron chi connectivity index (χ4n) is 4.14. The Labute approximate surface area is 184 Å². The molecule has 1 fully saturated rings. The van der Waals surface area contributed by atoms with Crippen LogP contribution in [0.4, 0.5) is 4.39 Å². The van der Waals surface area contributed by atoms with Gasteiger partial charge in [-0.3, -0.25) is 14.4 Å². The number of imidazole rings is 1. The lowest BCUT2D eigenvalue weighted by Gasteiger charge is -2.15. The van der Waals surface area contributed by atoms with Crippen LogP contribution in [0.5, 0.6) is 0 Å². The molecule has 3 aromatic rings. The Kier molecular flexibility index (Phi) is 5.10. The van der Waals surface area contributed by atoms with Gasteiger partial charge in [-0.25, -0.2) is 9.37 Å². The summed E-state index contributed by atoms with van der Waals surface area (Å²) in [5.74, 6) is 0.524. The van der Waals surface area contributed by atoms with Crippen molar-refractivity contribution in [3.63, 3.8) is 0 Å². The summed E-state index contributed by atoms with van der Waals surface area (Å²) in [6, 6.07) is 11.7. The fraction of sp³-hybridized carbons (Fsp3) is 0.292. The zero-order valence-electron chi connectivity index (χ0n) is 17.0. The molecule has 0 spiro atoms. The number of ether oxygens (including phenoxy) is 1. The molecule has 0 radical (unpaired) electrons. The van der Waals surface area contributed by atoms with Crippen LogP contribution in [0.2, 0.25) is 5.02 Å². The lowest BCUT2D eigenvalue weighted by atomic mass is 9.99. The van der Waals surface area contributed by atoms with Crippen LogP contribution < -0.4 is 0 Å². The van der Waals surface area contributed by atoms with Gasteiger partial charge < -0.3 is 4.74 Å². The second kappa shape index (κ2) is 7.93. The lowest BCUT2D eigenvalue weighted by Crippen LogP contribution is -2.10. The summed E-state index contributed by atoms with van der Waals surface area (Å²) in [6.07, 6.45) is 4.73. The number of benzene rings is 2. The largest absolute Gasteiger partial charge is 0.469 e. The van der Waals surface area contributed by atoms with Crippen LogP contribution in [0.15, 0.2) is 53.7 Å². The van der Waals surface area contributed by atoms with Crippen LogP contribution in [0.3, 0.4) is 0 Å². The van der Waals surface area contributed by atoms with E-state index in [1.807, 2.05) is 24.4 Å². The third-order valence-corrected chi connectivity index (χ3v) is 6.06. The number of halogens is 2. The van der Waals surface area contributed by atoms with Crippen molar-refractivity contribution in [1.29, 1.82) is 0 Å². The Bertz CT molecular complexity index is 1200. The van der Waals surface area contributed by atoms with Gasteiger partial charge in [0.25, 0.3) is 0 Å². The van der Waals surface area contributed by atoms with Gasteiger partial charge in [0.15, 0.2) is 0 Å². The Hall–Kier alpha value is -2.99. The molecule has 0 saturated heterocycles. The van der Waals surface area contributed by atoms with Crippen molar-refractivity contribution in [1.82, 2.24) is 9.55 Å². The first-order valence-electron chi connectivity index (χ1n) is 10.3. The van der Waals surface area contributed by atoms with Crippen LogP contribution in [-0.2, 0) is 9.53 Å². The van der Waals surface area contributed by atoms with Gasteiger partial charge in [0, 0.05) is 40.4 Å². The number of esters is 1. The molecule has 5 nitrogen and oxygen atoms in total. The second-order valence-electron chi connectivity index (χ2n) is 7.90. The van der Waals surface area contributed by atoms with Crippen molar-refractivity contribution in [2.75, 3.05) is 7.11 Å². The number of aliphatic imine (C=N–C) groups is 1. The van der Waals surface area contributed by atoms with Crippen molar-refractivity contribution in [3.8, 4) is 5.69 Å². The summed E-state index contributed by atoms with van der Waals surface area (Å²) in [7, 11) is 1.37. The summed E-state index contributed by atoms with van der Waals surface area (Å²) < 4.78 is 21.8. The molecule has 1 atom stereocenters. The topological polar surface area (TPSA) is 56.5 Å². The number of hydrogen-bond acceptors (Lipinski definition) is 4. The van der Waals surface area contributed by atoms with E-state index in [-0.39, 0.29) is 18.2 Å². The van der Waals surface area contributed by atoms with Crippen molar-refractivity contribution < 1.29 is 13.9 Å². The van der Waals surface area contributed by atoms with Crippen LogP contribution in [0, 0.1) is 5.82 Å². The molecule has 1 aliphatic heterocycles. The lowest BCUT2D eigenvalue weighted by molar-refractivity contribution is -0.140. The maximum absolute atomic E-state index is 14.9. The predicted octanol–water partition coefficient (Wildman–Crippen LogP) is 5.39. The molecule has 0 N–H and O–H groups in total. The minimum Gasteiger partial charge on any atom is -0.469 e. The Morgan fingerprint density at radius 3 is 2.77 bits per heavy atom. The molecule has 1 unspecified atom stereocenters. The van der Waals surface area contributed by atoms with Gasteiger partial charge in [-0.05, 0) is 49.6 Å². The number of methoxy groups -OCH3 is 1. The molecule has 2 aliphatic rings. The van der Waals surface area contributed by atoms with E-state index in [0.717, 1.165) is 35.6 Å². The van der Waals surface area contributed by atoms with E-state index in [4.69, 9.17) is 26.3 Å². The monoisotopic (exact) mass is 437 g/mol. The minimum atomic E-state index is -0.424. The van der Waals surface area contributed by atoms with Gasteiger partial charge in [0.1, 0.15) is 17.7 Å². The van der Waals surface area contributed by atoms with E-state index in [9.17, 15) is 9.18 Å². The fourth-order valence-corrected chi connectivity index (χ4v) is 4.31. The number of carbonyl (C=O) groups is 1. The Morgan fingerprint density at radius 1 is 1.23 bits per heavy atom. The predicted molar refractivity (Wildman–Crippen MR) is 117 cm³/mol. The molecule has 7 heteroatoms. The van der Waals surface area contributed by atoms with Crippen LogP contribution in [0.1, 0.15) is 60.3 Å². The van der Waals surface area contributed by atoms with Gasteiger partial charge >= 0.3 is 5.97 Å². The zero-order chi connectivity index (χ0) is 21.5. The average molecular weight is 438 g/mol. The van der Waals surface area contributed by atoms with Gasteiger partial charge in [0.2, 0.25) is 0 Å². The molecule has 5 rings (SSSR count). The molecule has 2 aromatic carbocycles. The zero-order valence-corrected chi connectivity index (χ0v) is 17.8. The molecular formula is C24H21ClFN3O2. The average Bonchev–Trinajstić information content (AvgIpc) is 3.55. The van der Waals surface area contributed by atoms with E-state index >= 15 is 0 Å². The van der Waals surface area contributed by atoms with Gasteiger partial charge in [-0.1, -0.05) is 23.7 Å². The summed E-state index contributed by atoms with van der Waals surface area (Å²) in [5, 5.41) is 0.547. The number of hydrogen-bond donors (Lipinski definition) is 0. The molecule has 0 amide bonds. The van der Waals surface area contributed by atoms with Gasteiger partial charge in [0.05, 0.1) is 18.5 Å². The van der Waals surface area contributed by atoms with Crippen molar-refractivity contribution in [2.45, 2.75) is 37.6 Å². The highest BCUT2D eigenvalue weighted by molar-refractivity contribution is 6.31. The van der Waals surface area contributed by atoms with Crippen LogP contribution in [0.25, 0.3) is 5.69 Å². The summed E-state index contributed by atoms with van der Waals surface area (Å²) >= 11 is 6.36. The van der Waals surface area contributed by atoms with Gasteiger partial charge in [-0.2, -0.15) is 0 Å². The van der Waals surface area contributed by atoms with E-state index in [0.29, 0.717) is 28.6 Å². The first-order valence-corrected chi connectivity index (χ1v) is 10.7. The van der Waals surface area contributed by atoms with E-state index in [1.54, 1.807) is 18.2 Å². The smallest absolute Gasteiger partial charge is 0.305 e. The van der Waals surface area contributed by atoms with Crippen LogP contribution >= 0.6 is 11.6 Å². The molecule has 158 valence electrons. The number of nitrogens with zero attached hydrogens (tertiary/aromatic N) is 3. The van der Waals surface area contributed by atoms with E-state index < -0.39 is 6.04 Å². The minimum absolute atomic E-state index is 0.192. The maximum Gasteiger partial charge on any atom is 0.305 e. The first-order chi connectivity index (χ1) is 15.1. The summed E-state index contributed by atoms with van der Waals surface area (Å²) in [4.78, 5) is 21.5. The van der Waals surface area contributed by atoms with E-state index in [1.165, 1.54) is 13.2 Å². The second-order valence-corrected chi connectivity index (χ2v) is 8.34. The molecule has 1 aliphatic carbocycles. The highest BCUT2D eigenvalue weighted by Gasteiger charge is 2.34. The molecule has 31 heavy (non-hydrogen) atoms. The maximum atomic E-state index is 14.9. The molecular weight excluding hydrogens is 417 g/mol. The summed E-state index contributed by atoms with van der Waals surface area (Å²) in [6.45, 7) is 0. The molecule has 0 bridgehead atoms.